The van der Waals surface area contributed by atoms with E-state index in [0.29, 0.717) is 6.54 Å². The molecule has 18 heavy (non-hydrogen) atoms. The van der Waals surface area contributed by atoms with Crippen molar-refractivity contribution in [1.82, 2.24) is 4.98 Å². The van der Waals surface area contributed by atoms with Crippen molar-refractivity contribution in [2.45, 2.75) is 40.7 Å². The normalized spacial score (nSPS) is 24.4. The van der Waals surface area contributed by atoms with E-state index in [2.05, 4.69) is 38.7 Å². The molecule has 0 saturated carbocycles. The molecule has 1 fully saturated rings. The molecular weight excluding hydrogens is 222 g/mol. The first-order valence-corrected chi connectivity index (χ1v) is 6.93. The highest BCUT2D eigenvalue weighted by atomic mass is 15.2. The summed E-state index contributed by atoms with van der Waals surface area (Å²) in [5, 5.41) is 0. The molecule has 1 aromatic heterocycles. The van der Waals surface area contributed by atoms with Crippen molar-refractivity contribution in [2.24, 2.45) is 17.6 Å². The SMILES string of the molecule is Cc1cc(C)c(CN)c(N2CC(C)CC(C)C2)n1. The van der Waals surface area contributed by atoms with E-state index in [1.54, 1.807) is 0 Å². The quantitative estimate of drug-likeness (QED) is 0.873. The standard InChI is InChI=1S/C15H25N3/c1-10-5-11(2)9-18(8-10)15-14(7-16)12(3)6-13(4)17-15/h6,10-11H,5,7-9,16H2,1-4H3. The van der Waals surface area contributed by atoms with E-state index in [-0.39, 0.29) is 0 Å². The van der Waals surface area contributed by atoms with E-state index in [0.717, 1.165) is 36.4 Å². The van der Waals surface area contributed by atoms with Crippen LogP contribution in [0.15, 0.2) is 6.07 Å². The largest absolute Gasteiger partial charge is 0.356 e. The van der Waals surface area contributed by atoms with Gasteiger partial charge in [-0.25, -0.2) is 4.98 Å². The molecule has 0 aliphatic carbocycles. The summed E-state index contributed by atoms with van der Waals surface area (Å²) < 4.78 is 0. The van der Waals surface area contributed by atoms with Gasteiger partial charge in [-0.2, -0.15) is 0 Å². The maximum Gasteiger partial charge on any atom is 0.133 e. The molecule has 1 aliphatic rings. The molecule has 2 heterocycles. The zero-order chi connectivity index (χ0) is 13.3. The Morgan fingerprint density at radius 2 is 1.89 bits per heavy atom. The lowest BCUT2D eigenvalue weighted by molar-refractivity contribution is 0.354. The Bertz CT molecular complexity index is 418. The molecule has 1 saturated heterocycles. The molecular formula is C15H25N3. The van der Waals surface area contributed by atoms with Gasteiger partial charge in [0.25, 0.3) is 0 Å². The number of rotatable bonds is 2. The summed E-state index contributed by atoms with van der Waals surface area (Å²) in [5.74, 6) is 2.59. The van der Waals surface area contributed by atoms with Gasteiger partial charge in [-0.3, -0.25) is 0 Å². The molecule has 2 atom stereocenters. The van der Waals surface area contributed by atoms with Crippen LogP contribution in [0.25, 0.3) is 0 Å². The van der Waals surface area contributed by atoms with Crippen LogP contribution in [0.2, 0.25) is 0 Å². The number of aromatic nitrogens is 1. The molecule has 1 aromatic rings. The van der Waals surface area contributed by atoms with Crippen LogP contribution in [0, 0.1) is 25.7 Å². The van der Waals surface area contributed by atoms with E-state index in [4.69, 9.17) is 10.7 Å². The fourth-order valence-electron chi connectivity index (χ4n) is 3.19. The molecule has 3 heteroatoms. The minimum atomic E-state index is 0.577. The van der Waals surface area contributed by atoms with Crippen LogP contribution in [0.5, 0.6) is 0 Å². The predicted octanol–water partition coefficient (Wildman–Crippen LogP) is 2.64. The molecule has 0 amide bonds. The van der Waals surface area contributed by atoms with Crippen LogP contribution < -0.4 is 10.6 Å². The molecule has 0 aromatic carbocycles. The Hall–Kier alpha value is -1.09. The van der Waals surface area contributed by atoms with Crippen molar-refractivity contribution >= 4 is 5.82 Å². The van der Waals surface area contributed by atoms with Crippen LogP contribution in [-0.4, -0.2) is 18.1 Å². The van der Waals surface area contributed by atoms with Crippen molar-refractivity contribution in [3.8, 4) is 0 Å². The van der Waals surface area contributed by atoms with Gasteiger partial charge in [0.2, 0.25) is 0 Å². The van der Waals surface area contributed by atoms with Crippen molar-refractivity contribution in [2.75, 3.05) is 18.0 Å². The monoisotopic (exact) mass is 247 g/mol. The average molecular weight is 247 g/mol. The number of hydrogen-bond donors (Lipinski definition) is 1. The molecule has 2 unspecified atom stereocenters. The number of anilines is 1. The summed E-state index contributed by atoms with van der Waals surface area (Å²) in [4.78, 5) is 7.17. The third-order valence-corrected chi connectivity index (χ3v) is 3.83. The lowest BCUT2D eigenvalue weighted by Crippen LogP contribution is -2.40. The first kappa shape index (κ1) is 13.3. The number of pyridine rings is 1. The smallest absolute Gasteiger partial charge is 0.133 e. The summed E-state index contributed by atoms with van der Waals surface area (Å²) in [7, 11) is 0. The Kier molecular flexibility index (Phi) is 3.91. The molecule has 0 radical (unpaired) electrons. The summed E-state index contributed by atoms with van der Waals surface area (Å²) in [5.41, 5.74) is 9.48. The van der Waals surface area contributed by atoms with Crippen LogP contribution >= 0.6 is 0 Å². The van der Waals surface area contributed by atoms with Gasteiger partial charge in [0.1, 0.15) is 5.82 Å². The summed E-state index contributed by atoms with van der Waals surface area (Å²) in [6.07, 6.45) is 1.32. The highest BCUT2D eigenvalue weighted by Crippen LogP contribution is 2.29. The van der Waals surface area contributed by atoms with Crippen molar-refractivity contribution < 1.29 is 0 Å². The molecule has 1 aliphatic heterocycles. The zero-order valence-electron chi connectivity index (χ0n) is 12.0. The van der Waals surface area contributed by atoms with Gasteiger partial charge < -0.3 is 10.6 Å². The first-order chi connectivity index (χ1) is 8.51. The topological polar surface area (TPSA) is 42.1 Å². The minimum Gasteiger partial charge on any atom is -0.356 e. The van der Waals surface area contributed by atoms with E-state index >= 15 is 0 Å². The van der Waals surface area contributed by atoms with E-state index in [1.807, 2.05) is 0 Å². The minimum absolute atomic E-state index is 0.577. The third kappa shape index (κ3) is 2.66. The van der Waals surface area contributed by atoms with Crippen molar-refractivity contribution in [1.29, 1.82) is 0 Å². The Labute approximate surface area is 110 Å². The fourth-order valence-corrected chi connectivity index (χ4v) is 3.19. The molecule has 100 valence electrons. The highest BCUT2D eigenvalue weighted by molar-refractivity contribution is 5.52. The molecule has 0 spiro atoms. The summed E-state index contributed by atoms with van der Waals surface area (Å²) >= 11 is 0. The lowest BCUT2D eigenvalue weighted by Gasteiger charge is -2.37. The fraction of sp³-hybridized carbons (Fsp3) is 0.667. The van der Waals surface area contributed by atoms with Crippen LogP contribution in [0.1, 0.15) is 37.1 Å². The molecule has 3 nitrogen and oxygen atoms in total. The zero-order valence-corrected chi connectivity index (χ0v) is 12.0. The van der Waals surface area contributed by atoms with Gasteiger partial charge in [0.05, 0.1) is 0 Å². The Morgan fingerprint density at radius 1 is 1.28 bits per heavy atom. The molecule has 0 bridgehead atoms. The van der Waals surface area contributed by atoms with Gasteiger partial charge in [0, 0.05) is 30.9 Å². The highest BCUT2D eigenvalue weighted by Gasteiger charge is 2.24. The summed E-state index contributed by atoms with van der Waals surface area (Å²) in [6, 6.07) is 2.13. The van der Waals surface area contributed by atoms with Gasteiger partial charge in [0.15, 0.2) is 0 Å². The number of nitrogens with zero attached hydrogens (tertiary/aromatic N) is 2. The van der Waals surface area contributed by atoms with Crippen LogP contribution in [0.3, 0.4) is 0 Å². The van der Waals surface area contributed by atoms with Gasteiger partial charge in [-0.05, 0) is 43.7 Å². The number of hydrogen-bond acceptors (Lipinski definition) is 3. The van der Waals surface area contributed by atoms with Crippen molar-refractivity contribution in [3.63, 3.8) is 0 Å². The van der Waals surface area contributed by atoms with Gasteiger partial charge in [-0.1, -0.05) is 13.8 Å². The average Bonchev–Trinajstić information content (AvgIpc) is 2.26. The maximum absolute atomic E-state index is 5.91. The summed E-state index contributed by atoms with van der Waals surface area (Å²) in [6.45, 7) is 11.6. The molecule has 2 rings (SSSR count). The van der Waals surface area contributed by atoms with Gasteiger partial charge >= 0.3 is 0 Å². The predicted molar refractivity (Wildman–Crippen MR) is 76.8 cm³/mol. The second kappa shape index (κ2) is 5.27. The lowest BCUT2D eigenvalue weighted by atomic mass is 9.91. The third-order valence-electron chi connectivity index (χ3n) is 3.83. The van der Waals surface area contributed by atoms with Crippen LogP contribution in [0.4, 0.5) is 5.82 Å². The number of nitrogens with two attached hydrogens (primary N) is 1. The Balaban J connectivity index is 2.37. The second-order valence-electron chi connectivity index (χ2n) is 5.94. The first-order valence-electron chi connectivity index (χ1n) is 6.93. The van der Waals surface area contributed by atoms with E-state index in [1.165, 1.54) is 17.5 Å². The number of piperidine rings is 1. The number of aryl methyl sites for hydroxylation is 2. The second-order valence-corrected chi connectivity index (χ2v) is 5.94. The van der Waals surface area contributed by atoms with Crippen LogP contribution in [-0.2, 0) is 6.54 Å². The van der Waals surface area contributed by atoms with Crippen molar-refractivity contribution in [3.05, 3.63) is 22.9 Å². The van der Waals surface area contributed by atoms with E-state index in [9.17, 15) is 0 Å². The van der Waals surface area contributed by atoms with E-state index < -0.39 is 0 Å². The molecule has 2 N–H and O–H groups in total. The maximum atomic E-state index is 5.91. The Morgan fingerprint density at radius 3 is 2.44 bits per heavy atom. The van der Waals surface area contributed by atoms with Gasteiger partial charge in [-0.15, -0.1) is 0 Å².